The number of pyridine rings is 1. The Labute approximate surface area is 144 Å². The van der Waals surface area contributed by atoms with Gasteiger partial charge in [-0.1, -0.05) is 6.07 Å². The first-order valence-corrected chi connectivity index (χ1v) is 7.62. The summed E-state index contributed by atoms with van der Waals surface area (Å²) < 4.78 is 21.5. The van der Waals surface area contributed by atoms with Crippen LogP contribution in [0.3, 0.4) is 0 Å². The molecule has 0 fully saturated rings. The van der Waals surface area contributed by atoms with E-state index in [9.17, 15) is 14.3 Å². The molecule has 1 N–H and O–H groups in total. The summed E-state index contributed by atoms with van der Waals surface area (Å²) in [5.41, 5.74) is 0.603. The lowest BCUT2D eigenvalue weighted by atomic mass is 10.1. The fourth-order valence-corrected chi connectivity index (χ4v) is 2.78. The van der Waals surface area contributed by atoms with Gasteiger partial charge in [0.05, 0.1) is 18.1 Å². The van der Waals surface area contributed by atoms with Gasteiger partial charge in [-0.05, 0) is 40.2 Å². The van der Waals surface area contributed by atoms with Crippen LogP contribution in [-0.2, 0) is 6.54 Å². The molecule has 2 aromatic heterocycles. The molecule has 2 heterocycles. The van der Waals surface area contributed by atoms with Gasteiger partial charge in [0.25, 0.3) is 0 Å². The first kappa shape index (κ1) is 16.2. The monoisotopic (exact) mass is 394 g/mol. The predicted octanol–water partition coefficient (Wildman–Crippen LogP) is 3.32. The Bertz CT molecular complexity index is 915. The molecule has 24 heavy (non-hydrogen) atoms. The summed E-state index contributed by atoms with van der Waals surface area (Å²) >= 11 is 3.33. The lowest BCUT2D eigenvalue weighted by Gasteiger charge is -2.22. The molecule has 3 aromatic rings. The molecule has 0 aliphatic carbocycles. The summed E-state index contributed by atoms with van der Waals surface area (Å²) in [6, 6.07) is 7.58. The second kappa shape index (κ2) is 6.44. The van der Waals surface area contributed by atoms with Crippen LogP contribution >= 0.6 is 15.9 Å². The van der Waals surface area contributed by atoms with Gasteiger partial charge < -0.3 is 9.84 Å². The van der Waals surface area contributed by atoms with Crippen molar-refractivity contribution in [3.05, 3.63) is 52.5 Å². The average molecular weight is 395 g/mol. The van der Waals surface area contributed by atoms with Crippen molar-refractivity contribution < 1.29 is 19.0 Å². The first-order chi connectivity index (χ1) is 11.5. The van der Waals surface area contributed by atoms with Crippen LogP contribution in [0.25, 0.3) is 5.65 Å². The number of aromatic nitrogens is 3. The van der Waals surface area contributed by atoms with E-state index in [0.29, 0.717) is 10.1 Å². The molecule has 0 spiro atoms. The number of carbonyl (C=O) groups is 1. The van der Waals surface area contributed by atoms with E-state index in [0.717, 1.165) is 4.90 Å². The average Bonchev–Trinajstić information content (AvgIpc) is 3.05. The highest BCUT2D eigenvalue weighted by Gasteiger charge is 2.22. The summed E-state index contributed by atoms with van der Waals surface area (Å²) in [5.74, 6) is 0.0204. The SMILES string of the molecule is COc1cccc(F)c1CN(C(=O)O)c1ccc(Br)c2nncn12. The number of nitrogens with zero attached hydrogens (tertiary/aromatic N) is 4. The van der Waals surface area contributed by atoms with Crippen LogP contribution in [0.2, 0.25) is 0 Å². The summed E-state index contributed by atoms with van der Waals surface area (Å²) in [7, 11) is 1.40. The van der Waals surface area contributed by atoms with E-state index in [4.69, 9.17) is 4.74 Å². The number of fused-ring (bicyclic) bond motifs is 1. The Morgan fingerprint density at radius 1 is 1.42 bits per heavy atom. The maximum atomic E-state index is 14.2. The Morgan fingerprint density at radius 3 is 2.92 bits per heavy atom. The zero-order chi connectivity index (χ0) is 17.3. The maximum Gasteiger partial charge on any atom is 0.413 e. The number of amides is 1. The number of hydrogen-bond acceptors (Lipinski definition) is 4. The molecular weight excluding hydrogens is 383 g/mol. The van der Waals surface area contributed by atoms with Crippen molar-refractivity contribution in [1.82, 2.24) is 14.6 Å². The highest BCUT2D eigenvalue weighted by Crippen LogP contribution is 2.28. The highest BCUT2D eigenvalue weighted by atomic mass is 79.9. The third kappa shape index (κ3) is 2.78. The number of halogens is 2. The third-order valence-electron chi connectivity index (χ3n) is 3.51. The normalized spacial score (nSPS) is 10.8. The number of carboxylic acid groups (broad SMARTS) is 1. The Kier molecular flexibility index (Phi) is 4.34. The third-order valence-corrected chi connectivity index (χ3v) is 4.13. The summed E-state index contributed by atoms with van der Waals surface area (Å²) in [6.07, 6.45) is 0.154. The number of anilines is 1. The van der Waals surface area contributed by atoms with Crippen LogP contribution in [0.4, 0.5) is 15.0 Å². The van der Waals surface area contributed by atoms with Crippen molar-refractivity contribution in [3.63, 3.8) is 0 Å². The van der Waals surface area contributed by atoms with Crippen molar-refractivity contribution in [2.24, 2.45) is 0 Å². The largest absolute Gasteiger partial charge is 0.496 e. The molecule has 0 unspecified atom stereocenters. The van der Waals surface area contributed by atoms with Gasteiger partial charge in [-0.2, -0.15) is 0 Å². The zero-order valence-electron chi connectivity index (χ0n) is 12.5. The van der Waals surface area contributed by atoms with Crippen LogP contribution < -0.4 is 9.64 Å². The summed E-state index contributed by atoms with van der Waals surface area (Å²) in [4.78, 5) is 12.8. The molecule has 0 bridgehead atoms. The lowest BCUT2D eigenvalue weighted by Crippen LogP contribution is -2.30. The quantitative estimate of drug-likeness (QED) is 0.733. The fourth-order valence-electron chi connectivity index (χ4n) is 2.38. The molecule has 0 aliphatic heterocycles. The zero-order valence-corrected chi connectivity index (χ0v) is 14.1. The molecule has 7 nitrogen and oxygen atoms in total. The number of methoxy groups -OCH3 is 1. The van der Waals surface area contributed by atoms with Crippen molar-refractivity contribution >= 4 is 33.5 Å². The van der Waals surface area contributed by atoms with Gasteiger partial charge in [0.2, 0.25) is 0 Å². The Hall–Kier alpha value is -2.68. The van der Waals surface area contributed by atoms with Gasteiger partial charge in [0.15, 0.2) is 5.65 Å². The molecule has 3 rings (SSSR count). The van der Waals surface area contributed by atoms with Gasteiger partial charge in [0.1, 0.15) is 23.7 Å². The smallest absolute Gasteiger partial charge is 0.413 e. The molecule has 9 heteroatoms. The van der Waals surface area contributed by atoms with E-state index in [1.807, 2.05) is 0 Å². The molecule has 0 aliphatic rings. The second-order valence-corrected chi connectivity index (χ2v) is 5.71. The minimum absolute atomic E-state index is 0.145. The van der Waals surface area contributed by atoms with Crippen molar-refractivity contribution in [2.45, 2.75) is 6.54 Å². The summed E-state index contributed by atoms with van der Waals surface area (Å²) in [5, 5.41) is 17.3. The second-order valence-electron chi connectivity index (χ2n) is 4.85. The van der Waals surface area contributed by atoms with E-state index in [2.05, 4.69) is 26.1 Å². The summed E-state index contributed by atoms with van der Waals surface area (Å²) in [6.45, 7) is -0.222. The topological polar surface area (TPSA) is 80.0 Å². The minimum atomic E-state index is -1.24. The maximum absolute atomic E-state index is 14.2. The van der Waals surface area contributed by atoms with Crippen molar-refractivity contribution in [2.75, 3.05) is 12.0 Å². The van der Waals surface area contributed by atoms with Crippen LogP contribution in [-0.4, -0.2) is 32.9 Å². The van der Waals surface area contributed by atoms with E-state index in [1.54, 1.807) is 18.2 Å². The predicted molar refractivity (Wildman–Crippen MR) is 87.8 cm³/mol. The molecule has 0 saturated carbocycles. The number of benzene rings is 1. The van der Waals surface area contributed by atoms with Gasteiger partial charge in [-0.15, -0.1) is 10.2 Å². The fraction of sp³-hybridized carbons (Fsp3) is 0.133. The van der Waals surface area contributed by atoms with E-state index in [-0.39, 0.29) is 23.7 Å². The highest BCUT2D eigenvalue weighted by molar-refractivity contribution is 9.10. The van der Waals surface area contributed by atoms with E-state index in [1.165, 1.54) is 30.0 Å². The lowest BCUT2D eigenvalue weighted by molar-refractivity contribution is 0.201. The van der Waals surface area contributed by atoms with Crippen molar-refractivity contribution in [3.8, 4) is 5.75 Å². The standard InChI is InChI=1S/C15H12BrFN4O3/c1-24-12-4-2-3-11(17)9(12)7-20(15(22)23)13-6-5-10(16)14-19-18-8-21(13)14/h2-6,8H,7H2,1H3,(H,22,23). The molecule has 0 atom stereocenters. The van der Waals surface area contributed by atoms with Crippen LogP contribution in [0.5, 0.6) is 5.75 Å². The van der Waals surface area contributed by atoms with E-state index >= 15 is 0 Å². The Morgan fingerprint density at radius 2 is 2.21 bits per heavy atom. The molecule has 1 amide bonds. The van der Waals surface area contributed by atoms with Crippen molar-refractivity contribution in [1.29, 1.82) is 0 Å². The van der Waals surface area contributed by atoms with E-state index < -0.39 is 11.9 Å². The Balaban J connectivity index is 2.10. The van der Waals surface area contributed by atoms with Crippen LogP contribution in [0.1, 0.15) is 5.56 Å². The molecule has 0 radical (unpaired) electrons. The van der Waals surface area contributed by atoms with Gasteiger partial charge >= 0.3 is 6.09 Å². The first-order valence-electron chi connectivity index (χ1n) is 6.83. The van der Waals surface area contributed by atoms with Crippen LogP contribution in [0.15, 0.2) is 41.1 Å². The van der Waals surface area contributed by atoms with Gasteiger partial charge in [-0.25, -0.2) is 9.18 Å². The molecular formula is C15H12BrFN4O3. The minimum Gasteiger partial charge on any atom is -0.496 e. The van der Waals surface area contributed by atoms with Crippen LogP contribution in [0, 0.1) is 5.82 Å². The number of ether oxygens (including phenoxy) is 1. The van der Waals surface area contributed by atoms with Gasteiger partial charge in [-0.3, -0.25) is 9.30 Å². The molecule has 0 saturated heterocycles. The number of rotatable bonds is 4. The van der Waals surface area contributed by atoms with Gasteiger partial charge in [0, 0.05) is 5.56 Å². The molecule has 1 aromatic carbocycles. The molecule has 124 valence electrons. The number of hydrogen-bond donors (Lipinski definition) is 1.